The molecule has 1 heterocycles. The molecule has 0 aromatic heterocycles. The predicted molar refractivity (Wildman–Crippen MR) is 137 cm³/mol. The van der Waals surface area contributed by atoms with Crippen LogP contribution in [0.4, 0.5) is 0 Å². The van der Waals surface area contributed by atoms with E-state index in [1.54, 1.807) is 0 Å². The average Bonchev–Trinajstić information content (AvgIpc) is 3.01. The molecule has 0 amide bonds. The van der Waals surface area contributed by atoms with Gasteiger partial charge in [-0.2, -0.15) is 0 Å². The fourth-order valence-corrected chi connectivity index (χ4v) is 5.03. The molecule has 0 saturated carbocycles. The average molecular weight is 472 g/mol. The highest BCUT2D eigenvalue weighted by Gasteiger charge is 2.30. The Morgan fingerprint density at radius 2 is 1.60 bits per heavy atom. The smallest absolute Gasteiger partial charge is 0.308 e. The van der Waals surface area contributed by atoms with Crippen LogP contribution in [0.1, 0.15) is 60.9 Å². The standard InChI is InChI=1S/C30H33NO4/c1-4-11-26-25-16-17-31(19-23-12-7-5-8-13-23)20-28(24-14-9-6-10-15-24)27(25)18-29(34-21(2)32)30(26)35-22(3)33/h5-10,12-15,18,28H,4,11,16-17,19-20H2,1-3H3. The van der Waals surface area contributed by atoms with Gasteiger partial charge in [0, 0.05) is 45.0 Å². The first kappa shape index (κ1) is 24.7. The molecule has 3 aromatic rings. The van der Waals surface area contributed by atoms with Crippen molar-refractivity contribution in [2.24, 2.45) is 0 Å². The number of ether oxygens (including phenoxy) is 2. The number of esters is 2. The summed E-state index contributed by atoms with van der Waals surface area (Å²) in [4.78, 5) is 26.5. The Labute approximate surface area is 207 Å². The lowest BCUT2D eigenvalue weighted by molar-refractivity contribution is -0.134. The molecule has 0 N–H and O–H groups in total. The Morgan fingerprint density at radius 1 is 0.943 bits per heavy atom. The van der Waals surface area contributed by atoms with Crippen LogP contribution in [0.5, 0.6) is 11.5 Å². The van der Waals surface area contributed by atoms with Crippen molar-refractivity contribution in [3.63, 3.8) is 0 Å². The quantitative estimate of drug-likeness (QED) is 0.328. The van der Waals surface area contributed by atoms with E-state index in [1.807, 2.05) is 18.2 Å². The SMILES string of the molecule is CCCc1c2c(cc(OC(C)=O)c1OC(C)=O)C(c1ccccc1)CN(Cc1ccccc1)CC2. The molecule has 1 aliphatic rings. The van der Waals surface area contributed by atoms with Crippen LogP contribution >= 0.6 is 0 Å². The molecule has 5 nitrogen and oxygen atoms in total. The summed E-state index contributed by atoms with van der Waals surface area (Å²) in [6, 6.07) is 22.9. The minimum Gasteiger partial charge on any atom is -0.423 e. The first-order valence-electron chi connectivity index (χ1n) is 12.3. The van der Waals surface area contributed by atoms with Crippen molar-refractivity contribution in [3.05, 3.63) is 94.5 Å². The van der Waals surface area contributed by atoms with Gasteiger partial charge in [0.05, 0.1) is 0 Å². The maximum atomic E-state index is 12.0. The highest BCUT2D eigenvalue weighted by Crippen LogP contribution is 2.43. The number of fused-ring (bicyclic) bond motifs is 1. The van der Waals surface area contributed by atoms with Gasteiger partial charge >= 0.3 is 11.9 Å². The van der Waals surface area contributed by atoms with Crippen LogP contribution in [0, 0.1) is 0 Å². The fourth-order valence-electron chi connectivity index (χ4n) is 5.03. The second-order valence-electron chi connectivity index (χ2n) is 9.12. The van der Waals surface area contributed by atoms with Gasteiger partial charge in [0.15, 0.2) is 11.5 Å². The lowest BCUT2D eigenvalue weighted by Crippen LogP contribution is -2.28. The second-order valence-corrected chi connectivity index (χ2v) is 9.12. The summed E-state index contributed by atoms with van der Waals surface area (Å²) in [5.74, 6) is -0.0521. The molecule has 0 spiro atoms. The van der Waals surface area contributed by atoms with E-state index >= 15 is 0 Å². The summed E-state index contributed by atoms with van der Waals surface area (Å²) in [5, 5.41) is 0. The van der Waals surface area contributed by atoms with Gasteiger partial charge < -0.3 is 9.47 Å². The Balaban J connectivity index is 1.86. The topological polar surface area (TPSA) is 55.8 Å². The van der Waals surface area contributed by atoms with E-state index in [9.17, 15) is 9.59 Å². The molecule has 0 bridgehead atoms. The van der Waals surface area contributed by atoms with E-state index in [1.165, 1.54) is 30.5 Å². The molecular formula is C30H33NO4. The summed E-state index contributed by atoms with van der Waals surface area (Å²) >= 11 is 0. The zero-order valence-electron chi connectivity index (χ0n) is 20.8. The third-order valence-electron chi connectivity index (χ3n) is 6.44. The number of carbonyl (C=O) groups excluding carboxylic acids is 2. The third kappa shape index (κ3) is 5.98. The van der Waals surface area contributed by atoms with Gasteiger partial charge in [-0.15, -0.1) is 0 Å². The highest BCUT2D eigenvalue weighted by atomic mass is 16.6. The van der Waals surface area contributed by atoms with E-state index in [0.29, 0.717) is 11.5 Å². The number of hydrogen-bond donors (Lipinski definition) is 0. The molecular weight excluding hydrogens is 438 g/mol. The Bertz CT molecular complexity index is 1170. The molecule has 182 valence electrons. The van der Waals surface area contributed by atoms with Crippen molar-refractivity contribution in [1.29, 1.82) is 0 Å². The van der Waals surface area contributed by atoms with E-state index in [0.717, 1.165) is 50.0 Å². The van der Waals surface area contributed by atoms with Crippen molar-refractivity contribution in [3.8, 4) is 11.5 Å². The normalized spacial score (nSPS) is 15.7. The molecule has 35 heavy (non-hydrogen) atoms. The number of nitrogens with zero attached hydrogens (tertiary/aromatic N) is 1. The van der Waals surface area contributed by atoms with Gasteiger partial charge in [0.2, 0.25) is 0 Å². The molecule has 0 saturated heterocycles. The lowest BCUT2D eigenvalue weighted by Gasteiger charge is -2.26. The summed E-state index contributed by atoms with van der Waals surface area (Å²) in [5.41, 5.74) is 5.80. The van der Waals surface area contributed by atoms with Crippen LogP contribution in [0.25, 0.3) is 0 Å². The van der Waals surface area contributed by atoms with Crippen LogP contribution in [0.2, 0.25) is 0 Å². The lowest BCUT2D eigenvalue weighted by atomic mass is 9.84. The number of benzene rings is 3. The first-order chi connectivity index (χ1) is 17.0. The summed E-state index contributed by atoms with van der Waals surface area (Å²) < 4.78 is 11.3. The predicted octanol–water partition coefficient (Wildman–Crippen LogP) is 5.68. The van der Waals surface area contributed by atoms with Gasteiger partial charge in [-0.1, -0.05) is 74.0 Å². The van der Waals surface area contributed by atoms with E-state index in [-0.39, 0.29) is 5.92 Å². The van der Waals surface area contributed by atoms with Gasteiger partial charge in [-0.3, -0.25) is 14.5 Å². The van der Waals surface area contributed by atoms with E-state index in [4.69, 9.17) is 9.47 Å². The Hall–Kier alpha value is -3.44. The van der Waals surface area contributed by atoms with Crippen LogP contribution in [0.15, 0.2) is 66.7 Å². The minimum absolute atomic E-state index is 0.0914. The van der Waals surface area contributed by atoms with Crippen LogP contribution in [-0.4, -0.2) is 29.9 Å². The molecule has 1 aliphatic heterocycles. The van der Waals surface area contributed by atoms with Crippen LogP contribution < -0.4 is 9.47 Å². The van der Waals surface area contributed by atoms with Crippen molar-refractivity contribution in [2.45, 2.75) is 52.5 Å². The Morgan fingerprint density at radius 3 is 2.23 bits per heavy atom. The van der Waals surface area contributed by atoms with E-state index in [2.05, 4.69) is 60.4 Å². The molecule has 1 atom stereocenters. The molecule has 0 aliphatic carbocycles. The van der Waals surface area contributed by atoms with Crippen molar-refractivity contribution in [2.75, 3.05) is 13.1 Å². The monoisotopic (exact) mass is 471 g/mol. The minimum atomic E-state index is -0.434. The molecule has 3 aromatic carbocycles. The zero-order chi connectivity index (χ0) is 24.8. The number of carbonyl (C=O) groups is 2. The van der Waals surface area contributed by atoms with Crippen LogP contribution in [-0.2, 0) is 29.0 Å². The largest absolute Gasteiger partial charge is 0.423 e. The summed E-state index contributed by atoms with van der Waals surface area (Å²) in [6.07, 6.45) is 2.45. The number of rotatable bonds is 7. The highest BCUT2D eigenvalue weighted by molar-refractivity contribution is 5.75. The maximum absolute atomic E-state index is 12.0. The molecule has 1 unspecified atom stereocenters. The van der Waals surface area contributed by atoms with Crippen molar-refractivity contribution < 1.29 is 19.1 Å². The molecule has 4 rings (SSSR count). The summed E-state index contributed by atoms with van der Waals surface area (Å²) in [7, 11) is 0. The second kappa shape index (κ2) is 11.3. The molecule has 0 radical (unpaired) electrons. The van der Waals surface area contributed by atoms with E-state index < -0.39 is 11.9 Å². The van der Waals surface area contributed by atoms with Crippen molar-refractivity contribution in [1.82, 2.24) is 4.90 Å². The molecule has 0 fully saturated rings. The van der Waals surface area contributed by atoms with Gasteiger partial charge in [0.25, 0.3) is 0 Å². The first-order valence-corrected chi connectivity index (χ1v) is 12.3. The zero-order valence-corrected chi connectivity index (χ0v) is 20.8. The fraction of sp³-hybridized carbons (Fsp3) is 0.333. The van der Waals surface area contributed by atoms with Gasteiger partial charge in [-0.25, -0.2) is 0 Å². The number of hydrogen-bond acceptors (Lipinski definition) is 5. The van der Waals surface area contributed by atoms with Gasteiger partial charge in [0.1, 0.15) is 0 Å². The maximum Gasteiger partial charge on any atom is 0.308 e. The van der Waals surface area contributed by atoms with Crippen LogP contribution in [0.3, 0.4) is 0 Å². The molecule has 5 heteroatoms. The van der Waals surface area contributed by atoms with Crippen molar-refractivity contribution >= 4 is 11.9 Å². The third-order valence-corrected chi connectivity index (χ3v) is 6.44. The summed E-state index contributed by atoms with van der Waals surface area (Å²) in [6.45, 7) is 7.44. The van der Waals surface area contributed by atoms with Gasteiger partial charge in [-0.05, 0) is 41.2 Å². The Kier molecular flexibility index (Phi) is 7.98.